The molecule has 0 spiro atoms. The standard InChI is InChI=1S/C34H29N3O7S2/c1-15(33(41)42)37-31(39)26-21-13-22(27(26)32(37)40)28-25(21)24(29-30(45-28)36-34(43)46-29)17-7-10-20(11-8-17)44-14-23(38)35-19-9-6-16-4-2-3-5-18(16)12-19/h2-12,15,21-22,24-28H,13-14H2,1H3,(H,35,38)(H,36,43)(H,41,42)/t15?,21?,22?,24-,25?,26?,27?,28?/m1/s1. The maximum atomic E-state index is 13.6. The number of thioether (sulfide) groups is 1. The molecule has 2 bridgehead atoms. The van der Waals surface area contributed by atoms with Gasteiger partial charge >= 0.3 is 10.8 Å². The van der Waals surface area contributed by atoms with E-state index in [1.165, 1.54) is 18.3 Å². The van der Waals surface area contributed by atoms with Crippen molar-refractivity contribution in [2.75, 3.05) is 11.9 Å². The first kappa shape index (κ1) is 29.0. The highest BCUT2D eigenvalue weighted by Crippen LogP contribution is 2.68. The first-order valence-corrected chi connectivity index (χ1v) is 16.9. The van der Waals surface area contributed by atoms with Crippen molar-refractivity contribution >= 4 is 63.2 Å². The molecule has 3 heterocycles. The van der Waals surface area contributed by atoms with Crippen LogP contribution in [0.1, 0.15) is 29.7 Å². The molecule has 46 heavy (non-hydrogen) atoms. The van der Waals surface area contributed by atoms with E-state index in [4.69, 9.17) is 4.74 Å². The van der Waals surface area contributed by atoms with Gasteiger partial charge in [-0.1, -0.05) is 53.8 Å². The second-order valence-corrected chi connectivity index (χ2v) is 14.7. The second kappa shape index (κ2) is 10.8. The lowest BCUT2D eigenvalue weighted by molar-refractivity contribution is -0.154. The highest BCUT2D eigenvalue weighted by molar-refractivity contribution is 8.00. The van der Waals surface area contributed by atoms with Gasteiger partial charge in [-0.25, -0.2) is 4.79 Å². The number of carboxylic acid groups (broad SMARTS) is 1. The van der Waals surface area contributed by atoms with Crippen LogP contribution in [0, 0.1) is 29.6 Å². The van der Waals surface area contributed by atoms with Gasteiger partial charge in [0.05, 0.1) is 16.9 Å². The number of amides is 3. The molecule has 1 saturated heterocycles. The molecule has 4 aromatic rings. The number of aliphatic carboxylic acids is 1. The molecule has 3 amide bonds. The monoisotopic (exact) mass is 655 g/mol. The van der Waals surface area contributed by atoms with Crippen LogP contribution in [-0.2, 0) is 19.2 Å². The largest absolute Gasteiger partial charge is 0.484 e. The van der Waals surface area contributed by atoms with Gasteiger partial charge in [0.25, 0.3) is 5.91 Å². The fourth-order valence-corrected chi connectivity index (χ4v) is 11.2. The molecule has 8 atom stereocenters. The zero-order valence-corrected chi connectivity index (χ0v) is 26.2. The number of benzene rings is 3. The van der Waals surface area contributed by atoms with Crippen LogP contribution in [0.3, 0.4) is 0 Å². The van der Waals surface area contributed by atoms with E-state index in [2.05, 4.69) is 10.3 Å². The molecule has 3 aromatic carbocycles. The summed E-state index contributed by atoms with van der Waals surface area (Å²) in [7, 11) is 0. The summed E-state index contributed by atoms with van der Waals surface area (Å²) in [6.45, 7) is 1.21. The summed E-state index contributed by atoms with van der Waals surface area (Å²) in [6.07, 6.45) is 0.716. The summed E-state index contributed by atoms with van der Waals surface area (Å²) < 4.78 is 5.81. The van der Waals surface area contributed by atoms with Gasteiger partial charge < -0.3 is 20.1 Å². The fourth-order valence-electron chi connectivity index (χ4n) is 8.29. The predicted molar refractivity (Wildman–Crippen MR) is 172 cm³/mol. The summed E-state index contributed by atoms with van der Waals surface area (Å²) in [6, 6.07) is 19.9. The van der Waals surface area contributed by atoms with Crippen LogP contribution >= 0.6 is 23.1 Å². The summed E-state index contributed by atoms with van der Waals surface area (Å²) in [5.41, 5.74) is 1.64. The van der Waals surface area contributed by atoms with E-state index in [9.17, 15) is 29.1 Å². The third-order valence-corrected chi connectivity index (χ3v) is 12.7. The minimum atomic E-state index is -1.21. The molecule has 4 aliphatic rings. The number of rotatable bonds is 7. The molecule has 3 N–H and O–H groups in total. The van der Waals surface area contributed by atoms with E-state index in [0.717, 1.165) is 31.1 Å². The molecule has 2 aliphatic carbocycles. The number of nitrogens with zero attached hydrogens (tertiary/aromatic N) is 1. The number of carbonyl (C=O) groups excluding carboxylic acids is 3. The van der Waals surface area contributed by atoms with Gasteiger partial charge in [-0.15, -0.1) is 11.8 Å². The lowest BCUT2D eigenvalue weighted by Crippen LogP contribution is -2.44. The molecule has 2 aliphatic heterocycles. The molecule has 234 valence electrons. The lowest BCUT2D eigenvalue weighted by Gasteiger charge is -2.43. The van der Waals surface area contributed by atoms with Crippen LogP contribution < -0.4 is 14.9 Å². The molecule has 0 radical (unpaired) electrons. The van der Waals surface area contributed by atoms with Gasteiger partial charge in [0.1, 0.15) is 11.8 Å². The van der Waals surface area contributed by atoms with Gasteiger partial charge in [-0.2, -0.15) is 0 Å². The normalized spacial score (nSPS) is 28.1. The van der Waals surface area contributed by atoms with Gasteiger partial charge in [0.15, 0.2) is 6.61 Å². The molecule has 2 saturated carbocycles. The van der Waals surface area contributed by atoms with Crippen molar-refractivity contribution < 1.29 is 29.0 Å². The zero-order chi connectivity index (χ0) is 31.9. The third-order valence-electron chi connectivity index (χ3n) is 10.1. The van der Waals surface area contributed by atoms with Crippen molar-refractivity contribution in [1.29, 1.82) is 0 Å². The molecule has 3 fully saturated rings. The Kier molecular flexibility index (Phi) is 6.84. The van der Waals surface area contributed by atoms with Crippen molar-refractivity contribution in [2.45, 2.75) is 35.6 Å². The van der Waals surface area contributed by atoms with Crippen molar-refractivity contribution in [3.63, 3.8) is 0 Å². The Morgan fingerprint density at radius 3 is 2.46 bits per heavy atom. The van der Waals surface area contributed by atoms with E-state index in [-0.39, 0.29) is 52.2 Å². The van der Waals surface area contributed by atoms with E-state index in [1.807, 2.05) is 54.6 Å². The highest BCUT2D eigenvalue weighted by atomic mass is 32.2. The van der Waals surface area contributed by atoms with E-state index in [1.54, 1.807) is 23.9 Å². The minimum Gasteiger partial charge on any atom is -0.484 e. The summed E-state index contributed by atoms with van der Waals surface area (Å²) in [5.74, 6) is -3.21. The molecule has 8 rings (SSSR count). The number of fused-ring (bicyclic) bond motifs is 10. The Hall–Kier alpha value is -4.42. The Balaban J connectivity index is 1.02. The van der Waals surface area contributed by atoms with Gasteiger partial charge in [-0.05, 0) is 71.7 Å². The second-order valence-electron chi connectivity index (χ2n) is 12.5. The van der Waals surface area contributed by atoms with Crippen LogP contribution in [0.2, 0.25) is 0 Å². The van der Waals surface area contributed by atoms with Crippen molar-refractivity contribution in [3.05, 3.63) is 86.8 Å². The number of aromatic amines is 1. The summed E-state index contributed by atoms with van der Waals surface area (Å²) in [5, 5.41) is 15.4. The molecule has 7 unspecified atom stereocenters. The first-order valence-electron chi connectivity index (χ1n) is 15.2. The third kappa shape index (κ3) is 4.49. The SMILES string of the molecule is CC(C(=O)O)N1C(=O)C2C3CC(C2C1=O)C1C3Sc2[nH]c(=O)sc2[C@@H]1c1ccc(OCC(=O)Nc2ccc3ccccc3c2)cc1. The van der Waals surface area contributed by atoms with E-state index >= 15 is 0 Å². The number of ether oxygens (including phenoxy) is 1. The highest BCUT2D eigenvalue weighted by Gasteiger charge is 2.70. The van der Waals surface area contributed by atoms with Gasteiger partial charge in [-0.3, -0.25) is 24.1 Å². The van der Waals surface area contributed by atoms with E-state index in [0.29, 0.717) is 17.9 Å². The average Bonchev–Trinajstić information content (AvgIpc) is 3.78. The molecule has 10 nitrogen and oxygen atoms in total. The quantitative estimate of drug-likeness (QED) is 0.246. The minimum absolute atomic E-state index is 0.000522. The summed E-state index contributed by atoms with van der Waals surface area (Å²) in [4.78, 5) is 68.7. The number of aromatic nitrogens is 1. The van der Waals surface area contributed by atoms with Crippen molar-refractivity contribution in [3.8, 4) is 5.75 Å². The summed E-state index contributed by atoms with van der Waals surface area (Å²) >= 11 is 2.75. The molecular formula is C34H29N3O7S2. The number of nitrogens with one attached hydrogen (secondary N) is 2. The topological polar surface area (TPSA) is 146 Å². The van der Waals surface area contributed by atoms with Crippen molar-refractivity contribution in [2.24, 2.45) is 29.6 Å². The fraction of sp³-hybridized carbons (Fsp3) is 0.324. The first-order chi connectivity index (χ1) is 22.2. The lowest BCUT2D eigenvalue weighted by atomic mass is 9.68. The van der Waals surface area contributed by atoms with Crippen LogP contribution in [0.15, 0.2) is 76.6 Å². The Labute approximate surface area is 271 Å². The zero-order valence-electron chi connectivity index (χ0n) is 24.5. The Morgan fingerprint density at radius 1 is 1.00 bits per heavy atom. The number of hydrogen-bond acceptors (Lipinski definition) is 8. The van der Waals surface area contributed by atoms with Crippen LogP contribution in [-0.4, -0.2) is 56.6 Å². The Morgan fingerprint density at radius 2 is 1.72 bits per heavy atom. The number of hydrogen-bond donors (Lipinski definition) is 3. The van der Waals surface area contributed by atoms with Crippen LogP contribution in [0.25, 0.3) is 10.8 Å². The molecular weight excluding hydrogens is 627 g/mol. The van der Waals surface area contributed by atoms with E-state index < -0.39 is 29.8 Å². The molecule has 1 aromatic heterocycles. The number of carbonyl (C=O) groups is 4. The predicted octanol–water partition coefficient (Wildman–Crippen LogP) is 4.55. The number of imide groups is 1. The average molecular weight is 656 g/mol. The maximum absolute atomic E-state index is 13.6. The number of likely N-dealkylation sites (tertiary alicyclic amines) is 1. The van der Waals surface area contributed by atoms with Gasteiger partial charge in [0, 0.05) is 21.7 Å². The van der Waals surface area contributed by atoms with Crippen molar-refractivity contribution in [1.82, 2.24) is 9.88 Å². The number of thiazole rings is 1. The number of H-pyrrole nitrogens is 1. The maximum Gasteiger partial charge on any atom is 0.326 e. The smallest absolute Gasteiger partial charge is 0.326 e. The van der Waals surface area contributed by atoms with Gasteiger partial charge in [0.2, 0.25) is 11.8 Å². The number of anilines is 1. The Bertz CT molecular complexity index is 1990. The molecule has 12 heteroatoms. The number of carboxylic acids is 1. The van der Waals surface area contributed by atoms with Crippen LogP contribution in [0.4, 0.5) is 5.69 Å². The van der Waals surface area contributed by atoms with Crippen LogP contribution in [0.5, 0.6) is 5.75 Å².